The van der Waals surface area contributed by atoms with Gasteiger partial charge in [0.2, 0.25) is 0 Å². The molecule has 0 saturated heterocycles. The topological polar surface area (TPSA) is 39.5 Å². The summed E-state index contributed by atoms with van der Waals surface area (Å²) < 4.78 is 0. The van der Waals surface area contributed by atoms with E-state index in [4.69, 9.17) is 5.41 Å². The van der Waals surface area contributed by atoms with Gasteiger partial charge in [-0.3, -0.25) is 10.4 Å². The molecule has 0 aromatic rings. The molecule has 3 heteroatoms. The Kier molecular flexibility index (Phi) is 3.67. The first-order valence-corrected chi connectivity index (χ1v) is 3.00. The highest BCUT2D eigenvalue weighted by atomic mass is 15.5. The monoisotopic (exact) mass is 127 g/mol. The zero-order valence-electron chi connectivity index (χ0n) is 6.13. The Bertz CT molecular complexity index is 107. The molecule has 0 amide bonds. The molecule has 0 radical (unpaired) electrons. The highest BCUT2D eigenvalue weighted by Crippen LogP contribution is 1.92. The van der Waals surface area contributed by atoms with Crippen LogP contribution in [0.1, 0.15) is 20.8 Å². The lowest BCUT2D eigenvalue weighted by Gasteiger charge is -2.15. The standard InChI is InChI=1S/C6H13N3/c1-4-8-9(5-7)6(2)3/h4-7H,1-3H3/b7-5?,8-4-. The predicted octanol–water partition coefficient (Wildman–Crippen LogP) is 1.31. The molecule has 0 aromatic carbocycles. The van der Waals surface area contributed by atoms with Crippen molar-refractivity contribution in [1.29, 1.82) is 5.41 Å². The van der Waals surface area contributed by atoms with E-state index in [0.29, 0.717) is 0 Å². The Labute approximate surface area is 55.9 Å². The van der Waals surface area contributed by atoms with E-state index in [0.717, 1.165) is 0 Å². The lowest BCUT2D eigenvalue weighted by Crippen LogP contribution is -2.22. The maximum Gasteiger partial charge on any atom is 0.103 e. The second-order valence-corrected chi connectivity index (χ2v) is 1.98. The minimum Gasteiger partial charge on any atom is -0.290 e. The van der Waals surface area contributed by atoms with Gasteiger partial charge < -0.3 is 0 Å². The van der Waals surface area contributed by atoms with E-state index in [2.05, 4.69) is 5.10 Å². The van der Waals surface area contributed by atoms with Crippen molar-refractivity contribution in [1.82, 2.24) is 5.01 Å². The molecule has 0 aliphatic rings. The normalized spacial score (nSPS) is 10.7. The van der Waals surface area contributed by atoms with Gasteiger partial charge in [-0.25, -0.2) is 0 Å². The van der Waals surface area contributed by atoms with Gasteiger partial charge in [-0.05, 0) is 20.8 Å². The smallest absolute Gasteiger partial charge is 0.103 e. The first kappa shape index (κ1) is 8.14. The SMILES string of the molecule is C/C=N\N(C=N)C(C)C. The minimum absolute atomic E-state index is 0.277. The number of nitrogens with zero attached hydrogens (tertiary/aromatic N) is 2. The van der Waals surface area contributed by atoms with Gasteiger partial charge in [0.05, 0.1) is 0 Å². The Morgan fingerprint density at radius 2 is 2.11 bits per heavy atom. The van der Waals surface area contributed by atoms with E-state index < -0.39 is 0 Å². The Morgan fingerprint density at radius 1 is 1.56 bits per heavy atom. The van der Waals surface area contributed by atoms with Crippen LogP contribution in [0, 0.1) is 5.41 Å². The molecule has 0 aromatic heterocycles. The van der Waals surface area contributed by atoms with E-state index in [-0.39, 0.29) is 6.04 Å². The second kappa shape index (κ2) is 4.06. The van der Waals surface area contributed by atoms with Crippen LogP contribution >= 0.6 is 0 Å². The van der Waals surface area contributed by atoms with Crippen molar-refractivity contribution < 1.29 is 0 Å². The van der Waals surface area contributed by atoms with Gasteiger partial charge in [-0.2, -0.15) is 5.10 Å². The van der Waals surface area contributed by atoms with Crippen LogP contribution < -0.4 is 0 Å². The third-order valence-electron chi connectivity index (χ3n) is 0.910. The van der Waals surface area contributed by atoms with E-state index in [1.807, 2.05) is 20.8 Å². The van der Waals surface area contributed by atoms with Crippen molar-refractivity contribution in [3.05, 3.63) is 0 Å². The van der Waals surface area contributed by atoms with Gasteiger partial charge in [-0.1, -0.05) is 0 Å². The molecule has 0 bridgehead atoms. The van der Waals surface area contributed by atoms with Gasteiger partial charge in [0.15, 0.2) is 0 Å². The molecule has 0 aliphatic heterocycles. The molecule has 3 nitrogen and oxygen atoms in total. The number of hydrogen-bond donors (Lipinski definition) is 1. The van der Waals surface area contributed by atoms with Crippen LogP contribution in [0.25, 0.3) is 0 Å². The van der Waals surface area contributed by atoms with Crippen LogP contribution in [0.3, 0.4) is 0 Å². The number of nitrogens with one attached hydrogen (secondary N) is 1. The molecule has 0 fully saturated rings. The first-order valence-electron chi connectivity index (χ1n) is 3.00. The van der Waals surface area contributed by atoms with Gasteiger partial charge in [0.25, 0.3) is 0 Å². The summed E-state index contributed by atoms with van der Waals surface area (Å²) in [5.41, 5.74) is 0. The lowest BCUT2D eigenvalue weighted by atomic mass is 10.4. The zero-order chi connectivity index (χ0) is 7.28. The highest BCUT2D eigenvalue weighted by Gasteiger charge is 1.98. The van der Waals surface area contributed by atoms with E-state index in [1.165, 1.54) is 6.34 Å². The number of hydrogen-bond acceptors (Lipinski definition) is 2. The number of hydrazone groups is 1. The maximum atomic E-state index is 6.88. The van der Waals surface area contributed by atoms with Crippen LogP contribution in [0.5, 0.6) is 0 Å². The van der Waals surface area contributed by atoms with Crippen molar-refractivity contribution in [3.63, 3.8) is 0 Å². The molecule has 0 unspecified atom stereocenters. The summed E-state index contributed by atoms with van der Waals surface area (Å²) in [5, 5.41) is 12.4. The van der Waals surface area contributed by atoms with Gasteiger partial charge >= 0.3 is 0 Å². The zero-order valence-corrected chi connectivity index (χ0v) is 6.13. The third kappa shape index (κ3) is 2.85. The van der Waals surface area contributed by atoms with Crippen molar-refractivity contribution in [2.24, 2.45) is 5.10 Å². The quantitative estimate of drug-likeness (QED) is 0.346. The molecule has 0 spiro atoms. The maximum absolute atomic E-state index is 6.88. The fourth-order valence-electron chi connectivity index (χ4n) is 0.449. The van der Waals surface area contributed by atoms with Crippen LogP contribution in [0.15, 0.2) is 5.10 Å². The Balaban J connectivity index is 3.82. The molecular formula is C6H13N3. The summed E-state index contributed by atoms with van der Waals surface area (Å²) >= 11 is 0. The first-order chi connectivity index (χ1) is 4.22. The largest absolute Gasteiger partial charge is 0.290 e. The van der Waals surface area contributed by atoms with Crippen molar-refractivity contribution in [2.75, 3.05) is 0 Å². The summed E-state index contributed by atoms with van der Waals surface area (Å²) in [6.07, 6.45) is 2.88. The average Bonchev–Trinajstić information content (AvgIpc) is 1.82. The molecular weight excluding hydrogens is 114 g/mol. The minimum atomic E-state index is 0.277. The van der Waals surface area contributed by atoms with Gasteiger partial charge in [0.1, 0.15) is 6.34 Å². The molecule has 0 rings (SSSR count). The van der Waals surface area contributed by atoms with E-state index in [1.54, 1.807) is 11.2 Å². The lowest BCUT2D eigenvalue weighted by molar-refractivity contribution is 0.379. The summed E-state index contributed by atoms with van der Waals surface area (Å²) in [6, 6.07) is 0.277. The molecule has 52 valence electrons. The highest BCUT2D eigenvalue weighted by molar-refractivity contribution is 5.57. The van der Waals surface area contributed by atoms with Crippen LogP contribution in [-0.2, 0) is 0 Å². The summed E-state index contributed by atoms with van der Waals surface area (Å²) in [5.74, 6) is 0. The fourth-order valence-corrected chi connectivity index (χ4v) is 0.449. The molecule has 9 heavy (non-hydrogen) atoms. The van der Waals surface area contributed by atoms with Gasteiger partial charge in [-0.15, -0.1) is 0 Å². The Morgan fingerprint density at radius 3 is 2.22 bits per heavy atom. The van der Waals surface area contributed by atoms with E-state index in [9.17, 15) is 0 Å². The van der Waals surface area contributed by atoms with Crippen LogP contribution in [0.2, 0.25) is 0 Å². The summed E-state index contributed by atoms with van der Waals surface area (Å²) in [6.45, 7) is 5.80. The average molecular weight is 127 g/mol. The van der Waals surface area contributed by atoms with E-state index >= 15 is 0 Å². The Hall–Kier alpha value is -0.860. The van der Waals surface area contributed by atoms with Crippen LogP contribution in [0.4, 0.5) is 0 Å². The van der Waals surface area contributed by atoms with Crippen molar-refractivity contribution in [3.8, 4) is 0 Å². The van der Waals surface area contributed by atoms with Gasteiger partial charge in [0, 0.05) is 12.3 Å². The molecule has 0 aliphatic carbocycles. The summed E-state index contributed by atoms with van der Waals surface area (Å²) in [4.78, 5) is 0. The summed E-state index contributed by atoms with van der Waals surface area (Å²) in [7, 11) is 0. The molecule has 1 N–H and O–H groups in total. The molecule has 0 heterocycles. The van der Waals surface area contributed by atoms with Crippen LogP contribution in [-0.4, -0.2) is 23.6 Å². The number of rotatable bonds is 3. The van der Waals surface area contributed by atoms with Crippen molar-refractivity contribution >= 4 is 12.6 Å². The van der Waals surface area contributed by atoms with Crippen molar-refractivity contribution in [2.45, 2.75) is 26.8 Å². The second-order valence-electron chi connectivity index (χ2n) is 1.98. The molecule has 0 atom stereocenters. The fraction of sp³-hybridized carbons (Fsp3) is 0.667. The predicted molar refractivity (Wildman–Crippen MR) is 39.9 cm³/mol. The molecule has 0 saturated carbocycles. The third-order valence-corrected chi connectivity index (χ3v) is 0.910.